The number of likely N-dealkylation sites (tertiary alicyclic amines) is 1. The third kappa shape index (κ3) is 4.02. The van der Waals surface area contributed by atoms with Crippen molar-refractivity contribution in [1.29, 1.82) is 0 Å². The average Bonchev–Trinajstić information content (AvgIpc) is 3.13. The van der Waals surface area contributed by atoms with Crippen LogP contribution in [-0.2, 0) is 9.53 Å². The van der Waals surface area contributed by atoms with E-state index in [0.717, 1.165) is 31.4 Å². The highest BCUT2D eigenvalue weighted by molar-refractivity contribution is 7.18. The lowest BCUT2D eigenvalue weighted by Gasteiger charge is -2.33. The minimum Gasteiger partial charge on any atom is -0.463 e. The number of amides is 2. The van der Waals surface area contributed by atoms with Gasteiger partial charge in [0.25, 0.3) is 0 Å². The number of fused-ring (bicyclic) bond motifs is 1. The summed E-state index contributed by atoms with van der Waals surface area (Å²) in [5.74, 6) is -0.0000528. The molecule has 0 spiro atoms. The van der Waals surface area contributed by atoms with Crippen molar-refractivity contribution in [3.8, 4) is 0 Å². The van der Waals surface area contributed by atoms with Crippen LogP contribution in [0.25, 0.3) is 10.2 Å². The highest BCUT2D eigenvalue weighted by atomic mass is 32.1. The number of carbonyl (C=O) groups is 2. The van der Waals surface area contributed by atoms with E-state index in [1.807, 2.05) is 12.1 Å². The summed E-state index contributed by atoms with van der Waals surface area (Å²) in [5, 5.41) is 6.62. The quantitative estimate of drug-likeness (QED) is 0.754. The van der Waals surface area contributed by atoms with E-state index in [0.29, 0.717) is 30.3 Å². The molecular formula is C20H24N4O3S. The lowest BCUT2D eigenvalue weighted by atomic mass is 9.98. The molecule has 2 amide bonds. The molecule has 3 heterocycles. The molecule has 1 saturated heterocycles. The van der Waals surface area contributed by atoms with Crippen molar-refractivity contribution in [3.63, 3.8) is 0 Å². The topological polar surface area (TPSA) is 83.6 Å². The van der Waals surface area contributed by atoms with Crippen molar-refractivity contribution in [2.75, 3.05) is 32.8 Å². The number of para-hydroxylation sites is 1. The van der Waals surface area contributed by atoms with E-state index in [1.165, 1.54) is 9.71 Å². The number of nitrogens with zero attached hydrogens (tertiary/aromatic N) is 2. The third-order valence-electron chi connectivity index (χ3n) is 5.12. The maximum absolute atomic E-state index is 12.2. The predicted octanol–water partition coefficient (Wildman–Crippen LogP) is 2.61. The van der Waals surface area contributed by atoms with E-state index in [4.69, 9.17) is 9.72 Å². The van der Waals surface area contributed by atoms with Crippen molar-refractivity contribution >= 4 is 33.6 Å². The average molecular weight is 401 g/mol. The molecule has 2 aliphatic rings. The third-order valence-corrected chi connectivity index (χ3v) is 6.32. The van der Waals surface area contributed by atoms with Gasteiger partial charge in [-0.05, 0) is 38.4 Å². The van der Waals surface area contributed by atoms with Crippen molar-refractivity contribution < 1.29 is 14.3 Å². The summed E-state index contributed by atoms with van der Waals surface area (Å²) in [6.07, 6.45) is 2.17. The molecule has 0 bridgehead atoms. The van der Waals surface area contributed by atoms with Gasteiger partial charge in [-0.15, -0.1) is 11.3 Å². The summed E-state index contributed by atoms with van der Waals surface area (Å²) in [6.45, 7) is 4.62. The van der Waals surface area contributed by atoms with E-state index >= 15 is 0 Å². The Morgan fingerprint density at radius 3 is 3.07 bits per heavy atom. The summed E-state index contributed by atoms with van der Waals surface area (Å²) in [5.41, 5.74) is 2.20. The van der Waals surface area contributed by atoms with Crippen LogP contribution < -0.4 is 10.6 Å². The first-order chi connectivity index (χ1) is 13.6. The lowest BCUT2D eigenvalue weighted by molar-refractivity contribution is -0.138. The van der Waals surface area contributed by atoms with Crippen LogP contribution in [0.5, 0.6) is 0 Å². The standard InChI is InChI=1S/C20H24N4O3S/c1-2-27-19(25)14-10-21-20(26)23-16(14)12-24-9-5-6-13(11-24)18-22-15-7-3-4-8-17(15)28-18/h3-4,7-8,13H,2,5-6,9-12H2,1H3,(H2,21,23,26)/t13-/m1/s1. The van der Waals surface area contributed by atoms with Crippen LogP contribution in [0.15, 0.2) is 35.5 Å². The van der Waals surface area contributed by atoms with Crippen LogP contribution >= 0.6 is 11.3 Å². The summed E-state index contributed by atoms with van der Waals surface area (Å²) >= 11 is 1.76. The van der Waals surface area contributed by atoms with Crippen LogP contribution in [0.1, 0.15) is 30.7 Å². The van der Waals surface area contributed by atoms with Crippen LogP contribution in [0.4, 0.5) is 4.79 Å². The van der Waals surface area contributed by atoms with Crippen molar-refractivity contribution in [2.24, 2.45) is 0 Å². The minimum atomic E-state index is -0.371. The molecule has 0 saturated carbocycles. The molecule has 4 rings (SSSR count). The molecule has 1 atom stereocenters. The normalized spacial score (nSPS) is 20.8. The number of esters is 1. The fraction of sp³-hybridized carbons (Fsp3) is 0.450. The molecule has 2 aromatic rings. The number of thiazole rings is 1. The van der Waals surface area contributed by atoms with Crippen LogP contribution in [0, 0.1) is 0 Å². The Bertz CT molecular complexity index is 890. The van der Waals surface area contributed by atoms with Gasteiger partial charge >= 0.3 is 12.0 Å². The van der Waals surface area contributed by atoms with Gasteiger partial charge in [0.1, 0.15) is 0 Å². The number of ether oxygens (including phenoxy) is 1. The Balaban J connectivity index is 1.50. The first-order valence-electron chi connectivity index (χ1n) is 9.66. The maximum atomic E-state index is 12.2. The highest BCUT2D eigenvalue weighted by Gasteiger charge is 2.28. The fourth-order valence-corrected chi connectivity index (χ4v) is 4.86. The molecule has 8 heteroatoms. The number of rotatable bonds is 5. The summed E-state index contributed by atoms with van der Waals surface area (Å²) in [4.78, 5) is 31.2. The molecule has 148 valence electrons. The van der Waals surface area contributed by atoms with Crippen molar-refractivity contribution in [1.82, 2.24) is 20.5 Å². The second-order valence-corrected chi connectivity index (χ2v) is 8.14. The Morgan fingerprint density at radius 2 is 2.25 bits per heavy atom. The van der Waals surface area contributed by atoms with Crippen LogP contribution in [0.2, 0.25) is 0 Å². The molecule has 2 aliphatic heterocycles. The number of urea groups is 1. The number of benzene rings is 1. The van der Waals surface area contributed by atoms with Gasteiger partial charge in [-0.3, -0.25) is 4.90 Å². The van der Waals surface area contributed by atoms with Gasteiger partial charge in [-0.2, -0.15) is 0 Å². The number of piperidine rings is 1. The SMILES string of the molecule is CCOC(=O)C1=C(CN2CCC[C@@H](c3nc4ccccc4s3)C2)NC(=O)NC1. The van der Waals surface area contributed by atoms with Gasteiger partial charge in [0.05, 0.1) is 33.9 Å². The fourth-order valence-electron chi connectivity index (χ4n) is 3.77. The predicted molar refractivity (Wildman–Crippen MR) is 108 cm³/mol. The molecule has 1 aromatic heterocycles. The smallest absolute Gasteiger partial charge is 0.337 e. The number of carbonyl (C=O) groups excluding carboxylic acids is 2. The van der Waals surface area contributed by atoms with E-state index in [-0.39, 0.29) is 18.5 Å². The zero-order chi connectivity index (χ0) is 19.5. The van der Waals surface area contributed by atoms with Crippen LogP contribution in [-0.4, -0.2) is 54.7 Å². The molecular weight excluding hydrogens is 376 g/mol. The maximum Gasteiger partial charge on any atom is 0.337 e. The van der Waals surface area contributed by atoms with Crippen LogP contribution in [0.3, 0.4) is 0 Å². The molecule has 7 nitrogen and oxygen atoms in total. The van der Waals surface area contributed by atoms with Gasteiger partial charge in [0.15, 0.2) is 0 Å². The summed E-state index contributed by atoms with van der Waals surface area (Å²) < 4.78 is 6.36. The molecule has 1 fully saturated rings. The Kier molecular flexibility index (Phi) is 5.59. The second-order valence-electron chi connectivity index (χ2n) is 7.08. The number of hydrogen-bond donors (Lipinski definition) is 2. The van der Waals surface area contributed by atoms with Gasteiger partial charge in [0, 0.05) is 24.7 Å². The molecule has 0 radical (unpaired) electrons. The molecule has 1 aromatic carbocycles. The van der Waals surface area contributed by atoms with Gasteiger partial charge in [-0.25, -0.2) is 14.6 Å². The molecule has 0 unspecified atom stereocenters. The van der Waals surface area contributed by atoms with E-state index in [9.17, 15) is 9.59 Å². The largest absolute Gasteiger partial charge is 0.463 e. The molecule has 2 N–H and O–H groups in total. The zero-order valence-electron chi connectivity index (χ0n) is 15.9. The summed E-state index contributed by atoms with van der Waals surface area (Å²) in [7, 11) is 0. The Labute approximate surface area is 167 Å². The number of aromatic nitrogens is 1. The van der Waals surface area contributed by atoms with Gasteiger partial charge in [0.2, 0.25) is 0 Å². The Hall–Kier alpha value is -2.45. The second kappa shape index (κ2) is 8.28. The van der Waals surface area contributed by atoms with Crippen molar-refractivity contribution in [3.05, 3.63) is 40.5 Å². The van der Waals surface area contributed by atoms with Gasteiger partial charge in [-0.1, -0.05) is 12.1 Å². The number of nitrogens with one attached hydrogen (secondary N) is 2. The lowest BCUT2D eigenvalue weighted by Crippen LogP contribution is -2.48. The summed E-state index contributed by atoms with van der Waals surface area (Å²) in [6, 6.07) is 7.94. The first kappa shape index (κ1) is 18.9. The van der Waals surface area contributed by atoms with E-state index in [2.05, 4.69) is 27.7 Å². The van der Waals surface area contributed by atoms with Gasteiger partial charge < -0.3 is 15.4 Å². The highest BCUT2D eigenvalue weighted by Crippen LogP contribution is 2.33. The molecule has 0 aliphatic carbocycles. The number of hydrogen-bond acceptors (Lipinski definition) is 6. The zero-order valence-corrected chi connectivity index (χ0v) is 16.7. The monoisotopic (exact) mass is 400 g/mol. The van der Waals surface area contributed by atoms with E-state index in [1.54, 1.807) is 18.3 Å². The first-order valence-corrected chi connectivity index (χ1v) is 10.5. The minimum absolute atomic E-state index is 0.204. The van der Waals surface area contributed by atoms with E-state index < -0.39 is 0 Å². The van der Waals surface area contributed by atoms with Crippen molar-refractivity contribution in [2.45, 2.75) is 25.7 Å². The molecule has 28 heavy (non-hydrogen) atoms. The Morgan fingerprint density at radius 1 is 1.39 bits per heavy atom.